The maximum absolute atomic E-state index is 11.8. The van der Waals surface area contributed by atoms with Crippen molar-refractivity contribution in [1.29, 1.82) is 0 Å². The Morgan fingerprint density at radius 3 is 2.44 bits per heavy atom. The number of unbranched alkanes of at least 4 members (excludes halogenated alkanes) is 1. The zero-order valence-corrected chi connectivity index (χ0v) is 11.3. The van der Waals surface area contributed by atoms with E-state index < -0.39 is 16.0 Å². The number of carbonyl (C=O) groups excluding carboxylic acids is 1. The highest BCUT2D eigenvalue weighted by molar-refractivity contribution is 7.89. The van der Waals surface area contributed by atoms with E-state index >= 15 is 0 Å². The Balaban J connectivity index is 0.00000324. The Labute approximate surface area is 109 Å². The number of sulfonamides is 1. The maximum Gasteiger partial charge on any atom is 0.337 e. The van der Waals surface area contributed by atoms with Crippen molar-refractivity contribution in [3.05, 3.63) is 29.8 Å². The van der Waals surface area contributed by atoms with Crippen molar-refractivity contribution in [2.24, 2.45) is 0 Å². The van der Waals surface area contributed by atoms with Crippen LogP contribution in [0.1, 0.15) is 31.6 Å². The molecule has 0 spiro atoms. The molecule has 0 unspecified atom stereocenters. The van der Waals surface area contributed by atoms with Crippen LogP contribution in [0.3, 0.4) is 0 Å². The van der Waals surface area contributed by atoms with Crippen LogP contribution in [0.2, 0.25) is 0 Å². The summed E-state index contributed by atoms with van der Waals surface area (Å²) in [5.41, 5.74) is 0.324. The molecule has 1 aromatic carbocycles. The predicted molar refractivity (Wildman–Crippen MR) is 70.0 cm³/mol. The number of ether oxygens (including phenoxy) is 1. The van der Waals surface area contributed by atoms with E-state index in [0.29, 0.717) is 12.1 Å². The van der Waals surface area contributed by atoms with Crippen molar-refractivity contribution < 1.29 is 19.4 Å². The molecule has 0 fully saturated rings. The minimum absolute atomic E-state index is 0. The molecule has 0 radical (unpaired) electrons. The Morgan fingerprint density at radius 2 is 1.94 bits per heavy atom. The third kappa shape index (κ3) is 3.82. The van der Waals surface area contributed by atoms with Gasteiger partial charge in [-0.15, -0.1) is 0 Å². The Hall–Kier alpha value is -1.40. The van der Waals surface area contributed by atoms with Crippen molar-refractivity contribution in [2.75, 3.05) is 13.7 Å². The highest BCUT2D eigenvalue weighted by atomic mass is 32.2. The molecule has 102 valence electrons. The van der Waals surface area contributed by atoms with E-state index in [1.165, 1.54) is 31.4 Å². The molecule has 1 rings (SSSR count). The zero-order valence-electron chi connectivity index (χ0n) is 10.5. The van der Waals surface area contributed by atoms with Gasteiger partial charge < -0.3 is 4.74 Å². The second-order valence-corrected chi connectivity index (χ2v) is 5.53. The summed E-state index contributed by atoms with van der Waals surface area (Å²) in [4.78, 5) is 11.3. The first-order chi connectivity index (χ1) is 8.51. The molecule has 0 amide bonds. The maximum atomic E-state index is 11.8. The molecule has 0 saturated carbocycles. The van der Waals surface area contributed by atoms with Gasteiger partial charge in [-0.1, -0.05) is 13.3 Å². The van der Waals surface area contributed by atoms with Crippen LogP contribution < -0.4 is 4.72 Å². The highest BCUT2D eigenvalue weighted by Gasteiger charge is 2.14. The summed E-state index contributed by atoms with van der Waals surface area (Å²) in [6.07, 6.45) is 1.71. The number of esters is 1. The van der Waals surface area contributed by atoms with Gasteiger partial charge in [-0.05, 0) is 30.7 Å². The van der Waals surface area contributed by atoms with Crippen LogP contribution in [0, 0.1) is 0 Å². The van der Waals surface area contributed by atoms with Crippen LogP contribution in [0.15, 0.2) is 29.2 Å². The average molecular weight is 273 g/mol. The summed E-state index contributed by atoms with van der Waals surface area (Å²) in [7, 11) is -2.21. The number of hydrogen-bond acceptors (Lipinski definition) is 4. The molecule has 0 aliphatic rings. The molecule has 0 aliphatic heterocycles. The molecule has 0 aromatic heterocycles. The molecular formula is C12H19NO4S. The van der Waals surface area contributed by atoms with Crippen molar-refractivity contribution in [1.82, 2.24) is 4.72 Å². The fraction of sp³-hybridized carbons (Fsp3) is 0.417. The van der Waals surface area contributed by atoms with Gasteiger partial charge in [0.2, 0.25) is 10.0 Å². The molecule has 5 nitrogen and oxygen atoms in total. The fourth-order valence-electron chi connectivity index (χ4n) is 1.35. The van der Waals surface area contributed by atoms with Gasteiger partial charge in [-0.25, -0.2) is 17.9 Å². The number of carbonyl (C=O) groups is 1. The Bertz CT molecular complexity index is 499. The van der Waals surface area contributed by atoms with Crippen LogP contribution in [0.5, 0.6) is 0 Å². The standard InChI is InChI=1S/C12H17NO4S.H2/c1-3-4-9-13-18(15,16)11-7-5-10(6-8-11)12(14)17-2;/h5-8,13H,3-4,9H2,1-2H3;1H. The average Bonchev–Trinajstić information content (AvgIpc) is 2.38. The molecular weight excluding hydrogens is 254 g/mol. The lowest BCUT2D eigenvalue weighted by molar-refractivity contribution is 0.0600. The first-order valence-corrected chi connectivity index (χ1v) is 7.17. The van der Waals surface area contributed by atoms with Crippen LogP contribution in [-0.4, -0.2) is 28.0 Å². The summed E-state index contributed by atoms with van der Waals surface area (Å²) in [5, 5.41) is 0. The lowest BCUT2D eigenvalue weighted by atomic mass is 10.2. The molecule has 6 heteroatoms. The van der Waals surface area contributed by atoms with Gasteiger partial charge in [0.05, 0.1) is 17.6 Å². The SMILES string of the molecule is CCCCNS(=O)(=O)c1ccc(C(=O)OC)cc1.[HH]. The van der Waals surface area contributed by atoms with Crippen LogP contribution >= 0.6 is 0 Å². The first kappa shape index (κ1) is 14.7. The molecule has 0 aliphatic carbocycles. The number of hydrogen-bond donors (Lipinski definition) is 1. The number of nitrogens with one attached hydrogen (secondary N) is 1. The second-order valence-electron chi connectivity index (χ2n) is 3.77. The number of benzene rings is 1. The largest absolute Gasteiger partial charge is 0.465 e. The third-order valence-corrected chi connectivity index (χ3v) is 3.89. The Kier molecular flexibility index (Phi) is 5.30. The molecule has 18 heavy (non-hydrogen) atoms. The van der Waals surface area contributed by atoms with E-state index in [-0.39, 0.29) is 6.32 Å². The van der Waals surface area contributed by atoms with Crippen LogP contribution in [0.4, 0.5) is 0 Å². The molecule has 0 heterocycles. The molecule has 0 atom stereocenters. The van der Waals surface area contributed by atoms with E-state index in [1.807, 2.05) is 6.92 Å². The first-order valence-electron chi connectivity index (χ1n) is 5.69. The van der Waals surface area contributed by atoms with Crippen LogP contribution in [-0.2, 0) is 14.8 Å². The summed E-state index contributed by atoms with van der Waals surface area (Å²) >= 11 is 0. The predicted octanol–water partition coefficient (Wildman–Crippen LogP) is 1.80. The van der Waals surface area contributed by atoms with E-state index in [0.717, 1.165) is 12.8 Å². The van der Waals surface area contributed by atoms with Gasteiger partial charge in [0.25, 0.3) is 0 Å². The quantitative estimate of drug-likeness (QED) is 0.633. The van der Waals surface area contributed by atoms with Crippen molar-refractivity contribution in [3.63, 3.8) is 0 Å². The van der Waals surface area contributed by atoms with E-state index in [4.69, 9.17) is 0 Å². The van der Waals surface area contributed by atoms with E-state index in [2.05, 4.69) is 9.46 Å². The minimum atomic E-state index is -3.48. The highest BCUT2D eigenvalue weighted by Crippen LogP contribution is 2.11. The van der Waals surface area contributed by atoms with Gasteiger partial charge in [-0.2, -0.15) is 0 Å². The monoisotopic (exact) mass is 273 g/mol. The molecule has 1 aromatic rings. The van der Waals surface area contributed by atoms with Gasteiger partial charge >= 0.3 is 5.97 Å². The van der Waals surface area contributed by atoms with E-state index in [1.54, 1.807) is 0 Å². The van der Waals surface area contributed by atoms with Crippen molar-refractivity contribution in [2.45, 2.75) is 24.7 Å². The minimum Gasteiger partial charge on any atom is -0.465 e. The van der Waals surface area contributed by atoms with Crippen LogP contribution in [0.25, 0.3) is 0 Å². The lowest BCUT2D eigenvalue weighted by Crippen LogP contribution is -2.24. The lowest BCUT2D eigenvalue weighted by Gasteiger charge is -2.06. The zero-order chi connectivity index (χ0) is 13.6. The van der Waals surface area contributed by atoms with E-state index in [9.17, 15) is 13.2 Å². The van der Waals surface area contributed by atoms with Crippen molar-refractivity contribution in [3.8, 4) is 0 Å². The Morgan fingerprint density at radius 1 is 1.33 bits per heavy atom. The summed E-state index contributed by atoms with van der Waals surface area (Å²) < 4.78 is 30.7. The van der Waals surface area contributed by atoms with Gasteiger partial charge in [0, 0.05) is 7.97 Å². The van der Waals surface area contributed by atoms with Gasteiger partial charge in [-0.3, -0.25) is 0 Å². The fourth-order valence-corrected chi connectivity index (χ4v) is 2.43. The molecule has 1 N–H and O–H groups in total. The topological polar surface area (TPSA) is 72.5 Å². The van der Waals surface area contributed by atoms with Crippen molar-refractivity contribution >= 4 is 16.0 Å². The number of rotatable bonds is 6. The third-order valence-electron chi connectivity index (χ3n) is 2.41. The van der Waals surface area contributed by atoms with Gasteiger partial charge in [0.1, 0.15) is 0 Å². The summed E-state index contributed by atoms with van der Waals surface area (Å²) in [6, 6.07) is 5.64. The van der Waals surface area contributed by atoms with Gasteiger partial charge in [0.15, 0.2) is 0 Å². The summed E-state index contributed by atoms with van der Waals surface area (Å²) in [5.74, 6) is -0.488. The molecule has 0 bridgehead atoms. The number of methoxy groups -OCH3 is 1. The summed E-state index contributed by atoms with van der Waals surface area (Å²) in [6.45, 7) is 2.40. The normalized spacial score (nSPS) is 11.2. The smallest absolute Gasteiger partial charge is 0.337 e. The molecule has 0 saturated heterocycles. The second kappa shape index (κ2) is 6.51.